The molecule has 1 aliphatic heterocycles. The first-order valence-corrected chi connectivity index (χ1v) is 9.28. The van der Waals surface area contributed by atoms with E-state index in [0.717, 1.165) is 0 Å². The van der Waals surface area contributed by atoms with Crippen LogP contribution in [-0.2, 0) is 11.3 Å². The molecule has 3 rings (SSSR count). The Bertz CT molecular complexity index is 807. The number of anilines is 1. The number of rotatable bonds is 4. The summed E-state index contributed by atoms with van der Waals surface area (Å²) in [6.45, 7) is 8.77. The summed E-state index contributed by atoms with van der Waals surface area (Å²) in [5.74, 6) is 0.655. The standard InChI is InChI=1S/C19H26N6O3/c1-19(2,3)28-18(27)25-11-9-24(10-12-25)13-15-20-17(23-22-15)21-16(26)14-7-5-4-6-8-14/h4-8H,9-13H2,1-3H3,(H2,20,21,22,23,26). The molecular formula is C19H26N6O3. The topological polar surface area (TPSA) is 103 Å². The third-order valence-electron chi connectivity index (χ3n) is 4.19. The van der Waals surface area contributed by atoms with Crippen molar-refractivity contribution >= 4 is 17.9 Å². The summed E-state index contributed by atoms with van der Waals surface area (Å²) in [5, 5.41) is 9.58. The molecule has 2 heterocycles. The van der Waals surface area contributed by atoms with Crippen molar-refractivity contribution in [1.29, 1.82) is 0 Å². The number of nitrogens with one attached hydrogen (secondary N) is 2. The van der Waals surface area contributed by atoms with Crippen LogP contribution >= 0.6 is 0 Å². The Kier molecular flexibility index (Phi) is 5.93. The van der Waals surface area contributed by atoms with Crippen molar-refractivity contribution in [1.82, 2.24) is 25.0 Å². The first-order chi connectivity index (χ1) is 13.3. The average molecular weight is 386 g/mol. The quantitative estimate of drug-likeness (QED) is 0.834. The summed E-state index contributed by atoms with van der Waals surface area (Å²) in [7, 11) is 0. The van der Waals surface area contributed by atoms with Crippen LogP contribution in [0, 0.1) is 0 Å². The van der Waals surface area contributed by atoms with Crippen molar-refractivity contribution in [2.24, 2.45) is 0 Å². The Labute approximate surface area is 164 Å². The van der Waals surface area contributed by atoms with E-state index >= 15 is 0 Å². The van der Waals surface area contributed by atoms with Gasteiger partial charge in [-0.15, -0.1) is 5.10 Å². The lowest BCUT2D eigenvalue weighted by Crippen LogP contribution is -2.49. The highest BCUT2D eigenvalue weighted by Gasteiger charge is 2.26. The van der Waals surface area contributed by atoms with Crippen LogP contribution in [0.2, 0.25) is 0 Å². The molecule has 150 valence electrons. The number of H-pyrrole nitrogens is 1. The van der Waals surface area contributed by atoms with Gasteiger partial charge < -0.3 is 9.64 Å². The third-order valence-corrected chi connectivity index (χ3v) is 4.19. The predicted octanol–water partition coefficient (Wildman–Crippen LogP) is 2.11. The molecule has 2 amide bonds. The number of aromatic nitrogens is 3. The van der Waals surface area contributed by atoms with E-state index in [-0.39, 0.29) is 17.9 Å². The number of piperazine rings is 1. The zero-order valence-corrected chi connectivity index (χ0v) is 16.4. The van der Waals surface area contributed by atoms with Crippen LogP contribution in [0.3, 0.4) is 0 Å². The lowest BCUT2D eigenvalue weighted by Gasteiger charge is -2.35. The van der Waals surface area contributed by atoms with Crippen molar-refractivity contribution in [3.8, 4) is 0 Å². The van der Waals surface area contributed by atoms with Gasteiger partial charge in [0.2, 0.25) is 5.95 Å². The van der Waals surface area contributed by atoms with Gasteiger partial charge >= 0.3 is 6.09 Å². The number of carbonyl (C=O) groups is 2. The number of amides is 2. The first kappa shape index (κ1) is 19.8. The normalized spacial score (nSPS) is 15.3. The third kappa shape index (κ3) is 5.53. The second-order valence-electron chi connectivity index (χ2n) is 7.67. The van der Waals surface area contributed by atoms with E-state index in [1.54, 1.807) is 29.2 Å². The summed E-state index contributed by atoms with van der Waals surface area (Å²) in [6.07, 6.45) is -0.280. The van der Waals surface area contributed by atoms with Crippen LogP contribution < -0.4 is 5.32 Å². The van der Waals surface area contributed by atoms with E-state index in [4.69, 9.17) is 4.74 Å². The van der Waals surface area contributed by atoms with Gasteiger partial charge in [0.1, 0.15) is 11.4 Å². The minimum atomic E-state index is -0.491. The molecule has 0 radical (unpaired) electrons. The highest BCUT2D eigenvalue weighted by Crippen LogP contribution is 2.13. The van der Waals surface area contributed by atoms with Gasteiger partial charge in [-0.3, -0.25) is 20.1 Å². The number of aromatic amines is 1. The van der Waals surface area contributed by atoms with Crippen molar-refractivity contribution < 1.29 is 14.3 Å². The first-order valence-electron chi connectivity index (χ1n) is 9.28. The minimum Gasteiger partial charge on any atom is -0.444 e. The van der Waals surface area contributed by atoms with E-state index in [2.05, 4.69) is 25.4 Å². The van der Waals surface area contributed by atoms with Crippen LogP contribution in [0.4, 0.5) is 10.7 Å². The molecular weight excluding hydrogens is 360 g/mol. The molecule has 1 aromatic heterocycles. The maximum atomic E-state index is 12.1. The molecule has 9 heteroatoms. The van der Waals surface area contributed by atoms with Gasteiger partial charge in [0.15, 0.2) is 0 Å². The van der Waals surface area contributed by atoms with Gasteiger partial charge in [-0.2, -0.15) is 4.98 Å². The molecule has 28 heavy (non-hydrogen) atoms. The zero-order valence-electron chi connectivity index (χ0n) is 16.4. The lowest BCUT2D eigenvalue weighted by atomic mass is 10.2. The largest absolute Gasteiger partial charge is 0.444 e. The van der Waals surface area contributed by atoms with Gasteiger partial charge in [-0.25, -0.2) is 4.79 Å². The van der Waals surface area contributed by atoms with E-state index in [9.17, 15) is 9.59 Å². The molecule has 9 nitrogen and oxygen atoms in total. The molecule has 1 fully saturated rings. The van der Waals surface area contributed by atoms with E-state index in [0.29, 0.717) is 44.1 Å². The number of hydrogen-bond acceptors (Lipinski definition) is 6. The molecule has 2 aromatic rings. The van der Waals surface area contributed by atoms with E-state index in [1.165, 1.54) is 0 Å². The molecule has 0 unspecified atom stereocenters. The Balaban J connectivity index is 1.47. The molecule has 0 bridgehead atoms. The number of ether oxygens (including phenoxy) is 1. The molecule has 1 aliphatic rings. The highest BCUT2D eigenvalue weighted by molar-refractivity contribution is 6.03. The summed E-state index contributed by atoms with van der Waals surface area (Å²) in [6, 6.07) is 8.91. The summed E-state index contributed by atoms with van der Waals surface area (Å²) in [4.78, 5) is 32.5. The number of hydrogen-bond donors (Lipinski definition) is 2. The Morgan fingerprint density at radius 1 is 1.14 bits per heavy atom. The molecule has 0 atom stereocenters. The smallest absolute Gasteiger partial charge is 0.410 e. The van der Waals surface area contributed by atoms with Crippen molar-refractivity contribution in [2.75, 3.05) is 31.5 Å². The number of carbonyl (C=O) groups excluding carboxylic acids is 2. The van der Waals surface area contributed by atoms with Crippen molar-refractivity contribution in [3.05, 3.63) is 41.7 Å². The van der Waals surface area contributed by atoms with Crippen LogP contribution in [0.5, 0.6) is 0 Å². The summed E-state index contributed by atoms with van der Waals surface area (Å²) >= 11 is 0. The van der Waals surface area contributed by atoms with Gasteiger partial charge in [-0.05, 0) is 32.9 Å². The molecule has 1 saturated heterocycles. The number of nitrogens with zero attached hydrogens (tertiary/aromatic N) is 4. The maximum absolute atomic E-state index is 12.1. The maximum Gasteiger partial charge on any atom is 0.410 e. The van der Waals surface area contributed by atoms with E-state index < -0.39 is 5.60 Å². The van der Waals surface area contributed by atoms with Crippen LogP contribution in [0.1, 0.15) is 37.0 Å². The van der Waals surface area contributed by atoms with Gasteiger partial charge in [-0.1, -0.05) is 18.2 Å². The SMILES string of the molecule is CC(C)(C)OC(=O)N1CCN(Cc2nc(NC(=O)c3ccccc3)n[nH]2)CC1. The summed E-state index contributed by atoms with van der Waals surface area (Å²) in [5.41, 5.74) is 0.0568. The van der Waals surface area contributed by atoms with Gasteiger partial charge in [0.05, 0.1) is 6.54 Å². The minimum absolute atomic E-state index is 0.247. The van der Waals surface area contributed by atoms with Gasteiger partial charge in [0, 0.05) is 31.7 Å². The number of benzene rings is 1. The fraction of sp³-hybridized carbons (Fsp3) is 0.474. The Hall–Kier alpha value is -2.94. The predicted molar refractivity (Wildman–Crippen MR) is 104 cm³/mol. The van der Waals surface area contributed by atoms with Gasteiger partial charge in [0.25, 0.3) is 5.91 Å². The highest BCUT2D eigenvalue weighted by atomic mass is 16.6. The van der Waals surface area contributed by atoms with Crippen molar-refractivity contribution in [3.63, 3.8) is 0 Å². The molecule has 1 aromatic carbocycles. The lowest BCUT2D eigenvalue weighted by molar-refractivity contribution is 0.0137. The average Bonchev–Trinajstić information content (AvgIpc) is 3.08. The molecule has 2 N–H and O–H groups in total. The van der Waals surface area contributed by atoms with Crippen LogP contribution in [-0.4, -0.2) is 68.8 Å². The van der Waals surface area contributed by atoms with E-state index in [1.807, 2.05) is 26.8 Å². The Morgan fingerprint density at radius 3 is 2.46 bits per heavy atom. The second-order valence-corrected chi connectivity index (χ2v) is 7.67. The monoisotopic (exact) mass is 386 g/mol. The molecule has 0 spiro atoms. The summed E-state index contributed by atoms with van der Waals surface area (Å²) < 4.78 is 5.41. The van der Waals surface area contributed by atoms with Crippen LogP contribution in [0.25, 0.3) is 0 Å². The second kappa shape index (κ2) is 8.39. The molecule has 0 aliphatic carbocycles. The fourth-order valence-electron chi connectivity index (χ4n) is 2.81. The zero-order chi connectivity index (χ0) is 20.1. The molecule has 0 saturated carbocycles. The Morgan fingerprint density at radius 2 is 1.82 bits per heavy atom. The van der Waals surface area contributed by atoms with Crippen molar-refractivity contribution in [2.45, 2.75) is 32.9 Å². The van der Waals surface area contributed by atoms with Crippen LogP contribution in [0.15, 0.2) is 30.3 Å². The fourth-order valence-corrected chi connectivity index (χ4v) is 2.81.